The highest BCUT2D eigenvalue weighted by Crippen LogP contribution is 2.14. The number of aliphatic hydroxyl groups excluding tert-OH is 1. The smallest absolute Gasteiger partial charge is 0.130 e. The van der Waals surface area contributed by atoms with Crippen LogP contribution in [0.3, 0.4) is 0 Å². The molecule has 0 aliphatic heterocycles. The van der Waals surface area contributed by atoms with Crippen molar-refractivity contribution in [3.63, 3.8) is 0 Å². The average Bonchev–Trinajstić information content (AvgIpc) is 2.43. The summed E-state index contributed by atoms with van der Waals surface area (Å²) in [6.07, 6.45) is 0. The molecule has 1 N–H and O–H groups in total. The first-order chi connectivity index (χ1) is 9.69. The quantitative estimate of drug-likeness (QED) is 0.877. The van der Waals surface area contributed by atoms with Crippen molar-refractivity contribution in [2.24, 2.45) is 0 Å². The van der Waals surface area contributed by atoms with E-state index < -0.39 is 11.6 Å². The second kappa shape index (κ2) is 7.12. The molecular formula is C16H17F2NO. The molecule has 0 amide bonds. The lowest BCUT2D eigenvalue weighted by Gasteiger charge is -2.21. The van der Waals surface area contributed by atoms with E-state index in [4.69, 9.17) is 5.11 Å². The van der Waals surface area contributed by atoms with Crippen molar-refractivity contribution in [2.45, 2.75) is 13.1 Å². The van der Waals surface area contributed by atoms with Crippen molar-refractivity contribution < 1.29 is 13.9 Å². The molecule has 2 aromatic rings. The molecule has 0 spiro atoms. The third kappa shape index (κ3) is 4.11. The first-order valence-corrected chi connectivity index (χ1v) is 6.50. The molecule has 0 aromatic heterocycles. The van der Waals surface area contributed by atoms with Gasteiger partial charge in [-0.2, -0.15) is 0 Å². The molecule has 0 aliphatic rings. The predicted octanol–water partition coefficient (Wildman–Crippen LogP) is 2.96. The molecule has 2 nitrogen and oxygen atoms in total. The Labute approximate surface area is 117 Å². The number of hydrogen-bond acceptors (Lipinski definition) is 2. The van der Waals surface area contributed by atoms with Crippen molar-refractivity contribution in [1.82, 2.24) is 4.90 Å². The summed E-state index contributed by atoms with van der Waals surface area (Å²) >= 11 is 0. The van der Waals surface area contributed by atoms with E-state index in [0.717, 1.165) is 11.6 Å². The van der Waals surface area contributed by atoms with E-state index in [1.165, 1.54) is 12.1 Å². The molecule has 2 aromatic carbocycles. The maximum Gasteiger partial charge on any atom is 0.130 e. The zero-order chi connectivity index (χ0) is 14.4. The number of halogens is 2. The molecule has 2 rings (SSSR count). The lowest BCUT2D eigenvalue weighted by Crippen LogP contribution is -2.26. The van der Waals surface area contributed by atoms with Gasteiger partial charge in [-0.25, -0.2) is 8.78 Å². The highest BCUT2D eigenvalue weighted by atomic mass is 19.1. The second-order valence-corrected chi connectivity index (χ2v) is 4.66. The summed E-state index contributed by atoms with van der Waals surface area (Å²) in [6, 6.07) is 13.3. The first-order valence-electron chi connectivity index (χ1n) is 6.50. The summed E-state index contributed by atoms with van der Waals surface area (Å²) in [5.74, 6) is -1.14. The van der Waals surface area contributed by atoms with E-state index in [0.29, 0.717) is 25.2 Å². The van der Waals surface area contributed by atoms with Crippen LogP contribution >= 0.6 is 0 Å². The van der Waals surface area contributed by atoms with E-state index in [1.54, 1.807) is 0 Å². The van der Waals surface area contributed by atoms with Gasteiger partial charge >= 0.3 is 0 Å². The fourth-order valence-corrected chi connectivity index (χ4v) is 2.09. The first kappa shape index (κ1) is 14.6. The van der Waals surface area contributed by atoms with Crippen LogP contribution in [0.25, 0.3) is 0 Å². The Kier molecular flexibility index (Phi) is 5.21. The van der Waals surface area contributed by atoms with E-state index in [-0.39, 0.29) is 6.61 Å². The minimum absolute atomic E-state index is 0.00432. The van der Waals surface area contributed by atoms with Crippen molar-refractivity contribution in [2.75, 3.05) is 13.2 Å². The molecule has 0 heterocycles. The van der Waals surface area contributed by atoms with Gasteiger partial charge in [0, 0.05) is 31.3 Å². The normalized spacial score (nSPS) is 11.0. The molecular weight excluding hydrogens is 260 g/mol. The van der Waals surface area contributed by atoms with Gasteiger partial charge in [-0.3, -0.25) is 4.90 Å². The lowest BCUT2D eigenvalue weighted by atomic mass is 10.1. The van der Waals surface area contributed by atoms with Gasteiger partial charge in [-0.15, -0.1) is 0 Å². The number of rotatable bonds is 6. The Balaban J connectivity index is 2.09. The fraction of sp³-hybridized carbons (Fsp3) is 0.250. The highest BCUT2D eigenvalue weighted by Gasteiger charge is 2.10. The maximum absolute atomic E-state index is 13.7. The van der Waals surface area contributed by atoms with Crippen LogP contribution in [0.5, 0.6) is 0 Å². The van der Waals surface area contributed by atoms with Crippen LogP contribution in [0.1, 0.15) is 11.1 Å². The summed E-state index contributed by atoms with van der Waals surface area (Å²) in [5.41, 5.74) is 1.51. The van der Waals surface area contributed by atoms with Gasteiger partial charge in [0.2, 0.25) is 0 Å². The topological polar surface area (TPSA) is 23.5 Å². The van der Waals surface area contributed by atoms with Crippen molar-refractivity contribution in [3.05, 3.63) is 71.3 Å². The van der Waals surface area contributed by atoms with Gasteiger partial charge in [0.25, 0.3) is 0 Å². The molecule has 0 atom stereocenters. The van der Waals surface area contributed by atoms with Gasteiger partial charge in [-0.05, 0) is 11.6 Å². The van der Waals surface area contributed by atoms with Crippen molar-refractivity contribution in [3.8, 4) is 0 Å². The molecule has 0 radical (unpaired) electrons. The SMILES string of the molecule is OCCN(Cc1ccccc1)Cc1ccc(F)cc1F. The number of aliphatic hydroxyl groups is 1. The van der Waals surface area contributed by atoms with Gasteiger partial charge in [-0.1, -0.05) is 36.4 Å². The molecule has 0 saturated heterocycles. The Bertz CT molecular complexity index is 545. The summed E-state index contributed by atoms with van der Waals surface area (Å²) in [7, 11) is 0. The third-order valence-electron chi connectivity index (χ3n) is 3.07. The zero-order valence-corrected chi connectivity index (χ0v) is 11.1. The third-order valence-corrected chi connectivity index (χ3v) is 3.07. The summed E-state index contributed by atoms with van der Waals surface area (Å²) < 4.78 is 26.5. The van der Waals surface area contributed by atoms with E-state index >= 15 is 0 Å². The molecule has 0 unspecified atom stereocenters. The molecule has 4 heteroatoms. The van der Waals surface area contributed by atoms with Gasteiger partial charge < -0.3 is 5.11 Å². The number of hydrogen-bond donors (Lipinski definition) is 1. The van der Waals surface area contributed by atoms with Gasteiger partial charge in [0.15, 0.2) is 0 Å². The molecule has 20 heavy (non-hydrogen) atoms. The Morgan fingerprint density at radius 1 is 0.950 bits per heavy atom. The zero-order valence-electron chi connectivity index (χ0n) is 11.1. The van der Waals surface area contributed by atoms with Crippen LogP contribution in [-0.2, 0) is 13.1 Å². The number of benzene rings is 2. The maximum atomic E-state index is 13.7. The molecule has 106 valence electrons. The van der Waals surface area contributed by atoms with Crippen LogP contribution < -0.4 is 0 Å². The van der Waals surface area contributed by atoms with Crippen LogP contribution in [0, 0.1) is 11.6 Å². The molecule has 0 fully saturated rings. The Morgan fingerprint density at radius 3 is 2.35 bits per heavy atom. The second-order valence-electron chi connectivity index (χ2n) is 4.66. The average molecular weight is 277 g/mol. The Hall–Kier alpha value is -1.78. The van der Waals surface area contributed by atoms with Gasteiger partial charge in [0.1, 0.15) is 11.6 Å². The van der Waals surface area contributed by atoms with Crippen LogP contribution in [0.4, 0.5) is 8.78 Å². The van der Waals surface area contributed by atoms with Crippen LogP contribution in [0.2, 0.25) is 0 Å². The fourth-order valence-electron chi connectivity index (χ4n) is 2.09. The predicted molar refractivity (Wildman–Crippen MR) is 74.0 cm³/mol. The molecule has 0 aliphatic carbocycles. The summed E-state index contributed by atoms with van der Waals surface area (Å²) in [4.78, 5) is 1.92. The summed E-state index contributed by atoms with van der Waals surface area (Å²) in [6.45, 7) is 1.38. The van der Waals surface area contributed by atoms with Crippen LogP contribution in [-0.4, -0.2) is 23.2 Å². The summed E-state index contributed by atoms with van der Waals surface area (Å²) in [5, 5.41) is 9.11. The molecule has 0 saturated carbocycles. The monoisotopic (exact) mass is 277 g/mol. The van der Waals surface area contributed by atoms with E-state index in [2.05, 4.69) is 0 Å². The van der Waals surface area contributed by atoms with Crippen molar-refractivity contribution >= 4 is 0 Å². The standard InChI is InChI=1S/C16H17F2NO/c17-15-7-6-14(16(18)10-15)12-19(8-9-20)11-13-4-2-1-3-5-13/h1-7,10,20H,8-9,11-12H2. The van der Waals surface area contributed by atoms with E-state index in [1.807, 2.05) is 35.2 Å². The highest BCUT2D eigenvalue weighted by molar-refractivity contribution is 5.19. The Morgan fingerprint density at radius 2 is 1.70 bits per heavy atom. The lowest BCUT2D eigenvalue weighted by molar-refractivity contribution is 0.182. The van der Waals surface area contributed by atoms with Gasteiger partial charge in [0.05, 0.1) is 6.61 Å². The van der Waals surface area contributed by atoms with Crippen LogP contribution in [0.15, 0.2) is 48.5 Å². The minimum Gasteiger partial charge on any atom is -0.395 e. The number of nitrogens with zero attached hydrogens (tertiary/aromatic N) is 1. The largest absolute Gasteiger partial charge is 0.395 e. The van der Waals surface area contributed by atoms with E-state index in [9.17, 15) is 8.78 Å². The molecule has 0 bridgehead atoms. The van der Waals surface area contributed by atoms with Crippen molar-refractivity contribution in [1.29, 1.82) is 0 Å². The minimum atomic E-state index is -0.581.